The lowest BCUT2D eigenvalue weighted by molar-refractivity contribution is -0.114. The molecule has 0 spiro atoms. The predicted molar refractivity (Wildman–Crippen MR) is 158 cm³/mol. The van der Waals surface area contributed by atoms with E-state index in [9.17, 15) is 9.36 Å². The molecule has 0 saturated heterocycles. The van der Waals surface area contributed by atoms with Crippen molar-refractivity contribution in [1.29, 1.82) is 0 Å². The van der Waals surface area contributed by atoms with Crippen LogP contribution in [-0.2, 0) is 9.36 Å². The fraction of sp³-hybridized carbons (Fsp3) is 0.296. The number of carbonyl (C=O) groups is 1. The quantitative estimate of drug-likeness (QED) is 0.228. The number of para-hydroxylation sites is 1. The Hall–Kier alpha value is -3.39. The van der Waals surface area contributed by atoms with Gasteiger partial charge in [0.2, 0.25) is 11.9 Å². The molecule has 2 aromatic carbocycles. The van der Waals surface area contributed by atoms with Crippen LogP contribution in [0.4, 0.5) is 28.8 Å². The molecule has 0 unspecified atom stereocenters. The average Bonchev–Trinajstić information content (AvgIpc) is 2.87. The minimum Gasteiger partial charge on any atom is -0.495 e. The zero-order valence-electron chi connectivity index (χ0n) is 22.4. The first-order valence-corrected chi connectivity index (χ1v) is 15.0. The molecule has 3 aromatic rings. The van der Waals surface area contributed by atoms with Crippen molar-refractivity contribution in [3.05, 3.63) is 66.3 Å². The van der Waals surface area contributed by atoms with Crippen molar-refractivity contribution in [3.63, 3.8) is 0 Å². The minimum absolute atomic E-state index is 0.197. The zero-order chi connectivity index (χ0) is 27.9. The summed E-state index contributed by atoms with van der Waals surface area (Å²) in [6.07, 6.45) is 3.57. The molecule has 0 radical (unpaired) electrons. The van der Waals surface area contributed by atoms with Crippen LogP contribution in [0.5, 0.6) is 5.75 Å². The van der Waals surface area contributed by atoms with Gasteiger partial charge in [0.05, 0.1) is 24.7 Å². The molecule has 0 atom stereocenters. The normalized spacial score (nSPS) is 11.2. The molecule has 2 N–H and O–H groups in total. The average molecular weight is 557 g/mol. The maximum absolute atomic E-state index is 12.8. The molecule has 0 bridgehead atoms. The minimum atomic E-state index is -2.55. The van der Waals surface area contributed by atoms with Crippen molar-refractivity contribution < 1.29 is 14.1 Å². The summed E-state index contributed by atoms with van der Waals surface area (Å²) in [4.78, 5) is 25.2. The Balaban J connectivity index is 1.92. The van der Waals surface area contributed by atoms with Gasteiger partial charge in [-0.25, -0.2) is 4.98 Å². The molecule has 3 rings (SSSR count). The van der Waals surface area contributed by atoms with E-state index in [-0.39, 0.29) is 11.9 Å². The monoisotopic (exact) mass is 556 g/mol. The van der Waals surface area contributed by atoms with Crippen molar-refractivity contribution in [1.82, 2.24) is 14.9 Å². The van der Waals surface area contributed by atoms with Gasteiger partial charge in [-0.3, -0.25) is 4.79 Å². The van der Waals surface area contributed by atoms with E-state index in [0.717, 1.165) is 13.0 Å². The molecule has 1 amide bonds. The Morgan fingerprint density at radius 3 is 2.53 bits per heavy atom. The van der Waals surface area contributed by atoms with Gasteiger partial charge in [-0.15, -0.1) is 0 Å². The van der Waals surface area contributed by atoms with Crippen LogP contribution < -0.4 is 25.6 Å². The number of hydrogen-bond donors (Lipinski definition) is 2. The fourth-order valence-electron chi connectivity index (χ4n) is 3.80. The number of halogens is 1. The van der Waals surface area contributed by atoms with Gasteiger partial charge in [0.25, 0.3) is 0 Å². The summed E-state index contributed by atoms with van der Waals surface area (Å²) >= 11 is 6.40. The topological polar surface area (TPSA) is 99.7 Å². The van der Waals surface area contributed by atoms with Crippen LogP contribution in [0.15, 0.2) is 61.3 Å². The largest absolute Gasteiger partial charge is 0.495 e. The summed E-state index contributed by atoms with van der Waals surface area (Å²) in [7, 11) is 3.00. The van der Waals surface area contributed by atoms with Crippen molar-refractivity contribution >= 4 is 58.8 Å². The third-order valence-electron chi connectivity index (χ3n) is 5.65. The molecular formula is C27H34ClN6O3P. The van der Waals surface area contributed by atoms with E-state index in [1.165, 1.54) is 12.3 Å². The number of nitrogens with zero attached hydrogens (tertiary/aromatic N) is 4. The molecule has 0 fully saturated rings. The second kappa shape index (κ2) is 12.9. The summed E-state index contributed by atoms with van der Waals surface area (Å²) < 4.78 is 18.3. The van der Waals surface area contributed by atoms with Crippen LogP contribution in [0, 0.1) is 0 Å². The predicted octanol–water partition coefficient (Wildman–Crippen LogP) is 5.34. The molecule has 11 heteroatoms. The molecule has 1 aromatic heterocycles. The van der Waals surface area contributed by atoms with E-state index in [1.54, 1.807) is 37.5 Å². The zero-order valence-corrected chi connectivity index (χ0v) is 24.0. The molecule has 38 heavy (non-hydrogen) atoms. The number of amides is 1. The number of anilines is 5. The molecular weight excluding hydrogens is 523 g/mol. The second-order valence-electron chi connectivity index (χ2n) is 9.24. The van der Waals surface area contributed by atoms with E-state index in [4.69, 9.17) is 16.3 Å². The smallest absolute Gasteiger partial charge is 0.250 e. The Labute approximate surface area is 229 Å². The lowest BCUT2D eigenvalue weighted by Gasteiger charge is -2.23. The molecule has 0 aliphatic carbocycles. The highest BCUT2D eigenvalue weighted by molar-refractivity contribution is 7.70. The Bertz CT molecular complexity index is 1340. The number of aromatic nitrogens is 2. The van der Waals surface area contributed by atoms with Crippen molar-refractivity contribution in [2.75, 3.05) is 63.2 Å². The van der Waals surface area contributed by atoms with Crippen molar-refractivity contribution in [3.8, 4) is 5.75 Å². The number of nitrogens with one attached hydrogen (secondary N) is 2. The first-order valence-electron chi connectivity index (χ1n) is 12.0. The Kier molecular flexibility index (Phi) is 9.91. The van der Waals surface area contributed by atoms with Gasteiger partial charge in [-0.2, -0.15) is 4.98 Å². The number of rotatable bonds is 12. The standard InChI is InChI=1S/C27H34ClN6O3P/c1-7-25(35)34(16-10-15-33(2)3)19-13-14-23(37-4)22(17-19)31-27-29-18-20(28)26(32-27)30-21-11-8-9-12-24(21)38(5,6)36/h7-9,11-14,17-18H,1,10,15-16H2,2-6H3,(H2,29,30,31,32). The Morgan fingerprint density at radius 2 is 1.87 bits per heavy atom. The van der Waals surface area contributed by atoms with Gasteiger partial charge < -0.3 is 29.7 Å². The summed E-state index contributed by atoms with van der Waals surface area (Å²) in [5.74, 6) is 0.962. The SMILES string of the molecule is C=CC(=O)N(CCCN(C)C)c1ccc(OC)c(Nc2ncc(Cl)c(Nc3ccccc3P(C)(C)=O)n2)c1. The third-order valence-corrected chi connectivity index (χ3v) is 7.48. The van der Waals surface area contributed by atoms with Crippen LogP contribution in [0.3, 0.4) is 0 Å². The Morgan fingerprint density at radius 1 is 1.13 bits per heavy atom. The molecule has 0 aliphatic rings. The first kappa shape index (κ1) is 29.2. The van der Waals surface area contributed by atoms with E-state index in [2.05, 4.69) is 32.1 Å². The van der Waals surface area contributed by atoms with E-state index >= 15 is 0 Å². The van der Waals surface area contributed by atoms with Gasteiger partial charge in [-0.1, -0.05) is 30.3 Å². The summed E-state index contributed by atoms with van der Waals surface area (Å²) in [5.41, 5.74) is 1.91. The van der Waals surface area contributed by atoms with Crippen LogP contribution in [0.1, 0.15) is 6.42 Å². The number of methoxy groups -OCH3 is 1. The number of hydrogen-bond acceptors (Lipinski definition) is 8. The van der Waals surface area contributed by atoms with Crippen LogP contribution >= 0.6 is 18.7 Å². The molecule has 202 valence electrons. The van der Waals surface area contributed by atoms with E-state index in [1.807, 2.05) is 44.4 Å². The number of ether oxygens (including phenoxy) is 1. The summed E-state index contributed by atoms with van der Waals surface area (Å²) in [5, 5.41) is 7.36. The fourth-order valence-corrected chi connectivity index (χ4v) is 5.09. The number of benzene rings is 2. The van der Waals surface area contributed by atoms with Gasteiger partial charge in [0.15, 0.2) is 5.82 Å². The maximum Gasteiger partial charge on any atom is 0.250 e. The van der Waals surface area contributed by atoms with Crippen molar-refractivity contribution in [2.45, 2.75) is 6.42 Å². The van der Waals surface area contributed by atoms with E-state index in [0.29, 0.717) is 45.5 Å². The van der Waals surface area contributed by atoms with Gasteiger partial charge >= 0.3 is 0 Å². The van der Waals surface area contributed by atoms with Gasteiger partial charge in [0, 0.05) is 17.5 Å². The summed E-state index contributed by atoms with van der Waals surface area (Å²) in [6, 6.07) is 12.7. The number of carbonyl (C=O) groups excluding carboxylic acids is 1. The van der Waals surface area contributed by atoms with Gasteiger partial charge in [0.1, 0.15) is 17.9 Å². The lowest BCUT2D eigenvalue weighted by Crippen LogP contribution is -2.32. The van der Waals surface area contributed by atoms with Crippen LogP contribution in [0.25, 0.3) is 0 Å². The maximum atomic E-state index is 12.8. The van der Waals surface area contributed by atoms with E-state index < -0.39 is 7.14 Å². The van der Waals surface area contributed by atoms with Crippen LogP contribution in [0.2, 0.25) is 5.02 Å². The molecule has 0 aliphatic heterocycles. The van der Waals surface area contributed by atoms with Gasteiger partial charge in [-0.05, 0) is 76.8 Å². The lowest BCUT2D eigenvalue weighted by atomic mass is 10.2. The molecule has 9 nitrogen and oxygen atoms in total. The summed E-state index contributed by atoms with van der Waals surface area (Å²) in [6.45, 7) is 8.43. The van der Waals surface area contributed by atoms with Crippen LogP contribution in [-0.4, -0.2) is 68.4 Å². The second-order valence-corrected chi connectivity index (χ2v) is 12.8. The highest BCUT2D eigenvalue weighted by Crippen LogP contribution is 2.39. The van der Waals surface area contributed by atoms with Crippen molar-refractivity contribution in [2.24, 2.45) is 0 Å². The highest BCUT2D eigenvalue weighted by Gasteiger charge is 2.18. The molecule has 1 heterocycles. The molecule has 0 saturated carbocycles. The third kappa shape index (κ3) is 7.57. The highest BCUT2D eigenvalue weighted by atomic mass is 35.5. The first-order chi connectivity index (χ1) is 18.0.